The van der Waals surface area contributed by atoms with E-state index in [2.05, 4.69) is 15.5 Å². The highest BCUT2D eigenvalue weighted by molar-refractivity contribution is 5.98. The number of nitrogens with one attached hydrogen (secondary N) is 2. The molecule has 1 saturated heterocycles. The number of hydrogen-bond donors (Lipinski definition) is 2. The summed E-state index contributed by atoms with van der Waals surface area (Å²) in [7, 11) is 0. The molecule has 1 aliphatic rings. The van der Waals surface area contributed by atoms with Crippen LogP contribution in [-0.4, -0.2) is 42.4 Å². The molecule has 1 aliphatic heterocycles. The van der Waals surface area contributed by atoms with Gasteiger partial charge in [0.25, 0.3) is 5.91 Å². The zero-order valence-corrected chi connectivity index (χ0v) is 17.5. The molecule has 1 aromatic heterocycles. The molecule has 1 fully saturated rings. The van der Waals surface area contributed by atoms with Gasteiger partial charge in [-0.2, -0.15) is 0 Å². The lowest BCUT2D eigenvalue weighted by molar-refractivity contribution is -0.124. The second-order valence-electron chi connectivity index (χ2n) is 8.03. The van der Waals surface area contributed by atoms with E-state index in [1.807, 2.05) is 51.1 Å². The second kappa shape index (κ2) is 9.74. The first-order valence-corrected chi connectivity index (χ1v) is 10.4. The van der Waals surface area contributed by atoms with E-state index in [4.69, 9.17) is 4.42 Å². The van der Waals surface area contributed by atoms with Crippen LogP contribution in [0.4, 0.5) is 0 Å². The van der Waals surface area contributed by atoms with E-state index >= 15 is 0 Å². The summed E-state index contributed by atoms with van der Waals surface area (Å²) in [6, 6.07) is 10.6. The van der Waals surface area contributed by atoms with Gasteiger partial charge >= 0.3 is 0 Å². The third-order valence-electron chi connectivity index (χ3n) is 5.55. The number of carbonyl (C=O) groups excluding carboxylic acids is 2. The number of likely N-dealkylation sites (tertiary alicyclic amines) is 1. The van der Waals surface area contributed by atoms with Gasteiger partial charge < -0.3 is 15.1 Å². The Balaban J connectivity index is 1.65. The molecule has 2 N–H and O–H groups in total. The topological polar surface area (TPSA) is 74.6 Å². The molecule has 2 heterocycles. The monoisotopic (exact) mass is 397 g/mol. The van der Waals surface area contributed by atoms with Crippen LogP contribution in [0.1, 0.15) is 54.4 Å². The van der Waals surface area contributed by atoms with Gasteiger partial charge in [0.15, 0.2) is 0 Å². The lowest BCUT2D eigenvalue weighted by Gasteiger charge is -2.28. The molecule has 6 nitrogen and oxygen atoms in total. The van der Waals surface area contributed by atoms with Crippen LogP contribution < -0.4 is 10.6 Å². The Morgan fingerprint density at radius 2 is 1.83 bits per heavy atom. The maximum atomic E-state index is 13.0. The van der Waals surface area contributed by atoms with Gasteiger partial charge in [0.1, 0.15) is 11.8 Å². The average Bonchev–Trinajstić information content (AvgIpc) is 3.40. The fraction of sp³-hybridized carbons (Fsp3) is 0.478. The van der Waals surface area contributed by atoms with E-state index in [-0.39, 0.29) is 23.8 Å². The summed E-state index contributed by atoms with van der Waals surface area (Å²) >= 11 is 0. The third-order valence-corrected chi connectivity index (χ3v) is 5.55. The highest BCUT2D eigenvalue weighted by atomic mass is 16.3. The van der Waals surface area contributed by atoms with Crippen molar-refractivity contribution in [3.05, 3.63) is 59.5 Å². The van der Waals surface area contributed by atoms with Crippen LogP contribution in [-0.2, 0) is 4.79 Å². The van der Waals surface area contributed by atoms with Gasteiger partial charge in [-0.15, -0.1) is 0 Å². The first-order valence-electron chi connectivity index (χ1n) is 10.4. The quantitative estimate of drug-likeness (QED) is 0.717. The Kier molecular flexibility index (Phi) is 7.09. The lowest BCUT2D eigenvalue weighted by Crippen LogP contribution is -2.51. The summed E-state index contributed by atoms with van der Waals surface area (Å²) in [4.78, 5) is 28.0. The maximum Gasteiger partial charge on any atom is 0.252 e. The van der Waals surface area contributed by atoms with E-state index in [9.17, 15) is 9.59 Å². The van der Waals surface area contributed by atoms with Crippen molar-refractivity contribution in [2.45, 2.75) is 45.7 Å². The van der Waals surface area contributed by atoms with Crippen LogP contribution in [0.15, 0.2) is 47.1 Å². The molecule has 0 radical (unpaired) electrons. The van der Waals surface area contributed by atoms with E-state index < -0.39 is 6.04 Å². The summed E-state index contributed by atoms with van der Waals surface area (Å²) in [5.41, 5.74) is 1.48. The van der Waals surface area contributed by atoms with E-state index in [1.165, 1.54) is 0 Å². The average molecular weight is 398 g/mol. The molecular formula is C23H31N3O3. The molecule has 6 heteroatoms. The Bertz CT molecular complexity index is 811. The Hall–Kier alpha value is -2.60. The summed E-state index contributed by atoms with van der Waals surface area (Å²) in [5.74, 6) is 0.436. The van der Waals surface area contributed by atoms with E-state index in [0.717, 1.165) is 37.3 Å². The lowest BCUT2D eigenvalue weighted by atomic mass is 10.0. The molecule has 2 amide bonds. The normalized spacial score (nSPS) is 16.6. The largest absolute Gasteiger partial charge is 0.468 e. The zero-order chi connectivity index (χ0) is 20.8. The number of rotatable bonds is 8. The molecule has 0 saturated carbocycles. The highest BCUT2D eigenvalue weighted by Gasteiger charge is 2.29. The molecule has 2 atom stereocenters. The smallest absolute Gasteiger partial charge is 0.252 e. The van der Waals surface area contributed by atoms with Gasteiger partial charge in [-0.1, -0.05) is 32.0 Å². The molecule has 29 heavy (non-hydrogen) atoms. The predicted octanol–water partition coefficient (Wildman–Crippen LogP) is 3.30. The van der Waals surface area contributed by atoms with Gasteiger partial charge in [0.2, 0.25) is 5.91 Å². The van der Waals surface area contributed by atoms with Gasteiger partial charge in [-0.05, 0) is 62.5 Å². The minimum Gasteiger partial charge on any atom is -0.468 e. The fourth-order valence-corrected chi connectivity index (χ4v) is 3.83. The SMILES string of the molecule is Cc1ccccc1C(=O)NC(C(=O)NCC(c1ccco1)N1CCCC1)C(C)C. The number of benzene rings is 1. The molecule has 0 aliphatic carbocycles. The van der Waals surface area contributed by atoms with Crippen molar-refractivity contribution in [2.24, 2.45) is 5.92 Å². The molecule has 2 aromatic rings. The van der Waals surface area contributed by atoms with Gasteiger partial charge in [0, 0.05) is 12.1 Å². The van der Waals surface area contributed by atoms with Gasteiger partial charge in [-0.25, -0.2) is 0 Å². The Morgan fingerprint density at radius 1 is 1.10 bits per heavy atom. The number of amides is 2. The summed E-state index contributed by atoms with van der Waals surface area (Å²) in [6.07, 6.45) is 3.98. The van der Waals surface area contributed by atoms with Crippen molar-refractivity contribution >= 4 is 11.8 Å². The fourth-order valence-electron chi connectivity index (χ4n) is 3.83. The third kappa shape index (κ3) is 5.26. The van der Waals surface area contributed by atoms with E-state index in [1.54, 1.807) is 12.3 Å². The second-order valence-corrected chi connectivity index (χ2v) is 8.03. The van der Waals surface area contributed by atoms with Crippen LogP contribution in [0.3, 0.4) is 0 Å². The van der Waals surface area contributed by atoms with Crippen LogP contribution in [0.2, 0.25) is 0 Å². The molecule has 0 bridgehead atoms. The molecule has 2 unspecified atom stereocenters. The van der Waals surface area contributed by atoms with Crippen LogP contribution >= 0.6 is 0 Å². The van der Waals surface area contributed by atoms with E-state index in [0.29, 0.717) is 12.1 Å². The van der Waals surface area contributed by atoms with Crippen molar-refractivity contribution in [3.63, 3.8) is 0 Å². The molecule has 156 valence electrons. The number of furan rings is 1. The zero-order valence-electron chi connectivity index (χ0n) is 17.5. The van der Waals surface area contributed by atoms with Gasteiger partial charge in [0.05, 0.1) is 12.3 Å². The molecule has 1 aromatic carbocycles. The first-order chi connectivity index (χ1) is 14.0. The highest BCUT2D eigenvalue weighted by Crippen LogP contribution is 2.25. The number of hydrogen-bond acceptors (Lipinski definition) is 4. The van der Waals surface area contributed by atoms with Crippen molar-refractivity contribution in [3.8, 4) is 0 Å². The standard InChI is InChI=1S/C23H31N3O3/c1-16(2)21(25-22(27)18-10-5-4-9-17(18)3)23(28)24-15-19(20-11-8-14-29-20)26-12-6-7-13-26/h4-5,8-11,14,16,19,21H,6-7,12-13,15H2,1-3H3,(H,24,28)(H,25,27). The van der Waals surface area contributed by atoms with Crippen LogP contribution in [0.25, 0.3) is 0 Å². The summed E-state index contributed by atoms with van der Waals surface area (Å²) in [5, 5.41) is 5.96. The summed E-state index contributed by atoms with van der Waals surface area (Å²) < 4.78 is 5.62. The first kappa shape index (κ1) is 21.1. The Morgan fingerprint density at radius 3 is 2.45 bits per heavy atom. The predicted molar refractivity (Wildman–Crippen MR) is 113 cm³/mol. The minimum atomic E-state index is -0.599. The van der Waals surface area contributed by atoms with Crippen molar-refractivity contribution in [1.29, 1.82) is 0 Å². The maximum absolute atomic E-state index is 13.0. The molecule has 0 spiro atoms. The molecular weight excluding hydrogens is 366 g/mol. The van der Waals surface area contributed by atoms with Crippen molar-refractivity contribution < 1.29 is 14.0 Å². The Labute approximate surface area is 172 Å². The van der Waals surface area contributed by atoms with Gasteiger partial charge in [-0.3, -0.25) is 14.5 Å². The van der Waals surface area contributed by atoms with Crippen LogP contribution in [0, 0.1) is 12.8 Å². The number of aryl methyl sites for hydroxylation is 1. The molecule has 3 rings (SSSR count). The minimum absolute atomic E-state index is 0.0105. The van der Waals surface area contributed by atoms with Crippen molar-refractivity contribution in [2.75, 3.05) is 19.6 Å². The number of nitrogens with zero attached hydrogens (tertiary/aromatic N) is 1. The van der Waals surface area contributed by atoms with Crippen molar-refractivity contribution in [1.82, 2.24) is 15.5 Å². The van der Waals surface area contributed by atoms with Crippen LogP contribution in [0.5, 0.6) is 0 Å². The number of carbonyl (C=O) groups is 2. The summed E-state index contributed by atoms with van der Waals surface area (Å²) in [6.45, 7) is 8.22.